The molecule has 0 bridgehead atoms. The zero-order valence-corrected chi connectivity index (χ0v) is 16.7. The molecule has 3 amide bonds. The molecule has 0 aliphatic heterocycles. The van der Waals surface area contributed by atoms with Gasteiger partial charge in [-0.15, -0.1) is 10.2 Å². The van der Waals surface area contributed by atoms with Gasteiger partial charge in [0, 0.05) is 11.3 Å². The molecule has 28 heavy (non-hydrogen) atoms. The van der Waals surface area contributed by atoms with Crippen molar-refractivity contribution >= 4 is 23.7 Å². The lowest BCUT2D eigenvalue weighted by atomic mass is 10.1. The summed E-state index contributed by atoms with van der Waals surface area (Å²) in [4.78, 5) is 23.0. The third-order valence-corrected chi connectivity index (χ3v) is 5.18. The largest absolute Gasteiger partial charge is 0.351 e. The highest BCUT2D eigenvalue weighted by Gasteiger charge is 2.22. The third kappa shape index (κ3) is 4.40. The normalized spacial score (nSPS) is 11.8. The first kappa shape index (κ1) is 19.6. The van der Waals surface area contributed by atoms with Gasteiger partial charge in [-0.2, -0.15) is 0 Å². The van der Waals surface area contributed by atoms with Crippen LogP contribution in [0.2, 0.25) is 0 Å². The van der Waals surface area contributed by atoms with Gasteiger partial charge in [-0.25, -0.2) is 4.79 Å². The van der Waals surface area contributed by atoms with Crippen LogP contribution in [-0.2, 0) is 4.79 Å². The summed E-state index contributed by atoms with van der Waals surface area (Å²) >= 11 is 1.21. The van der Waals surface area contributed by atoms with E-state index < -0.39 is 17.2 Å². The molecule has 3 aromatic rings. The van der Waals surface area contributed by atoms with Gasteiger partial charge in [0.25, 0.3) is 0 Å². The van der Waals surface area contributed by atoms with Crippen LogP contribution >= 0.6 is 11.8 Å². The molecular weight excluding hydrogens is 374 g/mol. The molecule has 7 nitrogen and oxygen atoms in total. The topological polar surface area (TPSA) is 103 Å². The number of imide groups is 1. The number of hydrogen-bond donors (Lipinski definition) is 2. The number of benzene rings is 2. The molecule has 0 fully saturated rings. The summed E-state index contributed by atoms with van der Waals surface area (Å²) in [7, 11) is 0. The van der Waals surface area contributed by atoms with Crippen LogP contribution in [0.5, 0.6) is 0 Å². The Morgan fingerprint density at radius 3 is 2.14 bits per heavy atom. The fraction of sp³-hybridized carbons (Fsp3) is 0.200. The van der Waals surface area contributed by atoms with Crippen LogP contribution < -0.4 is 11.1 Å². The molecule has 1 atom stereocenters. The summed E-state index contributed by atoms with van der Waals surface area (Å²) in [6, 6.07) is 15.1. The van der Waals surface area contributed by atoms with Gasteiger partial charge in [0.05, 0.1) is 5.25 Å². The molecule has 0 aliphatic rings. The van der Waals surface area contributed by atoms with Crippen molar-refractivity contribution in [3.05, 3.63) is 59.7 Å². The Morgan fingerprint density at radius 1 is 1.00 bits per heavy atom. The van der Waals surface area contributed by atoms with Crippen LogP contribution in [0.4, 0.5) is 4.79 Å². The quantitative estimate of drug-likeness (QED) is 0.646. The minimum atomic E-state index is -0.877. The summed E-state index contributed by atoms with van der Waals surface area (Å²) in [5.74, 6) is 0.196. The maximum absolute atomic E-state index is 12.1. The van der Waals surface area contributed by atoms with Crippen LogP contribution in [0, 0.1) is 13.8 Å². The standard InChI is InChI=1S/C20H21N5O2S/c1-12-4-8-15(9-5-12)17-23-24-20(28-14(3)18(26)22-19(21)27)25(17)16-10-6-13(2)7-11-16/h4-11,14H,1-3H3,(H3,21,22,26,27)/t14-/m1/s1. The Morgan fingerprint density at radius 2 is 1.57 bits per heavy atom. The first-order valence-electron chi connectivity index (χ1n) is 8.71. The lowest BCUT2D eigenvalue weighted by molar-refractivity contribution is -0.119. The van der Waals surface area contributed by atoms with Crippen molar-refractivity contribution in [3.63, 3.8) is 0 Å². The Bertz CT molecular complexity index is 996. The highest BCUT2D eigenvalue weighted by molar-refractivity contribution is 8.00. The smallest absolute Gasteiger partial charge is 0.318 e. The van der Waals surface area contributed by atoms with Gasteiger partial charge in [-0.3, -0.25) is 14.7 Å². The minimum absolute atomic E-state index is 0.479. The fourth-order valence-electron chi connectivity index (χ4n) is 2.60. The predicted molar refractivity (Wildman–Crippen MR) is 109 cm³/mol. The van der Waals surface area contributed by atoms with E-state index in [0.29, 0.717) is 11.0 Å². The minimum Gasteiger partial charge on any atom is -0.351 e. The monoisotopic (exact) mass is 395 g/mol. The lowest BCUT2D eigenvalue weighted by Gasteiger charge is -2.13. The number of carbonyl (C=O) groups excluding carboxylic acids is 2. The molecule has 3 rings (SSSR count). The number of hydrogen-bond acceptors (Lipinski definition) is 5. The number of nitrogens with zero attached hydrogens (tertiary/aromatic N) is 3. The molecule has 3 N–H and O–H groups in total. The highest BCUT2D eigenvalue weighted by atomic mass is 32.2. The van der Waals surface area contributed by atoms with Gasteiger partial charge < -0.3 is 5.73 Å². The van der Waals surface area contributed by atoms with Gasteiger partial charge in [0.1, 0.15) is 0 Å². The van der Waals surface area contributed by atoms with E-state index in [4.69, 9.17) is 5.73 Å². The maximum atomic E-state index is 12.1. The summed E-state index contributed by atoms with van der Waals surface area (Å²) in [5, 5.41) is 10.7. The Labute approximate surface area is 167 Å². The van der Waals surface area contributed by atoms with Crippen molar-refractivity contribution < 1.29 is 9.59 Å². The second-order valence-corrected chi connectivity index (χ2v) is 7.76. The number of aryl methyl sites for hydroxylation is 2. The molecule has 0 spiro atoms. The van der Waals surface area contributed by atoms with E-state index >= 15 is 0 Å². The number of primary amides is 1. The van der Waals surface area contributed by atoms with Gasteiger partial charge in [-0.05, 0) is 32.9 Å². The first-order chi connectivity index (χ1) is 13.3. The summed E-state index contributed by atoms with van der Waals surface area (Å²) in [6.07, 6.45) is 0. The lowest BCUT2D eigenvalue weighted by Crippen LogP contribution is -2.39. The molecular formula is C20H21N5O2S. The molecule has 0 radical (unpaired) electrons. The number of amides is 3. The molecule has 1 heterocycles. The average Bonchev–Trinajstić information content (AvgIpc) is 3.06. The average molecular weight is 395 g/mol. The number of rotatable bonds is 5. The Balaban J connectivity index is 2.02. The third-order valence-electron chi connectivity index (χ3n) is 4.13. The van der Waals surface area contributed by atoms with E-state index in [1.54, 1.807) is 6.92 Å². The van der Waals surface area contributed by atoms with Crippen molar-refractivity contribution in [2.45, 2.75) is 31.2 Å². The van der Waals surface area contributed by atoms with Crippen LogP contribution in [0.15, 0.2) is 53.7 Å². The Hall–Kier alpha value is -3.13. The fourth-order valence-corrected chi connectivity index (χ4v) is 3.46. The van der Waals surface area contributed by atoms with E-state index in [-0.39, 0.29) is 0 Å². The van der Waals surface area contributed by atoms with Crippen molar-refractivity contribution in [2.24, 2.45) is 5.73 Å². The van der Waals surface area contributed by atoms with Crippen molar-refractivity contribution in [1.29, 1.82) is 0 Å². The van der Waals surface area contributed by atoms with Crippen molar-refractivity contribution in [3.8, 4) is 17.1 Å². The molecule has 0 aliphatic carbocycles. The van der Waals surface area contributed by atoms with E-state index in [2.05, 4.69) is 15.5 Å². The van der Waals surface area contributed by atoms with Crippen molar-refractivity contribution in [2.75, 3.05) is 0 Å². The zero-order chi connectivity index (χ0) is 20.3. The maximum Gasteiger partial charge on any atom is 0.318 e. The molecule has 2 aromatic carbocycles. The van der Waals surface area contributed by atoms with Crippen LogP contribution in [0.1, 0.15) is 18.1 Å². The second kappa shape index (κ2) is 8.26. The number of thioether (sulfide) groups is 1. The number of urea groups is 1. The van der Waals surface area contributed by atoms with E-state index in [1.165, 1.54) is 11.8 Å². The molecule has 0 unspecified atom stereocenters. The van der Waals surface area contributed by atoms with Crippen LogP contribution in [-0.4, -0.2) is 32.0 Å². The van der Waals surface area contributed by atoms with Crippen molar-refractivity contribution in [1.82, 2.24) is 20.1 Å². The van der Waals surface area contributed by atoms with Crippen LogP contribution in [0.3, 0.4) is 0 Å². The van der Waals surface area contributed by atoms with Gasteiger partial charge in [0.2, 0.25) is 5.91 Å². The van der Waals surface area contributed by atoms with Gasteiger partial charge in [-0.1, -0.05) is 59.3 Å². The number of carbonyl (C=O) groups is 2. The zero-order valence-electron chi connectivity index (χ0n) is 15.8. The molecule has 144 valence electrons. The molecule has 1 aromatic heterocycles. The van der Waals surface area contributed by atoms with E-state index in [1.807, 2.05) is 66.9 Å². The summed E-state index contributed by atoms with van der Waals surface area (Å²) in [6.45, 7) is 5.72. The highest BCUT2D eigenvalue weighted by Crippen LogP contribution is 2.30. The Kier molecular flexibility index (Phi) is 5.79. The van der Waals surface area contributed by atoms with Gasteiger partial charge in [0.15, 0.2) is 11.0 Å². The van der Waals surface area contributed by atoms with Gasteiger partial charge >= 0.3 is 6.03 Å². The number of nitrogens with two attached hydrogens (primary N) is 1. The van der Waals surface area contributed by atoms with E-state index in [9.17, 15) is 9.59 Å². The molecule has 0 saturated heterocycles. The second-order valence-electron chi connectivity index (χ2n) is 6.46. The summed E-state index contributed by atoms with van der Waals surface area (Å²) in [5.41, 5.74) is 9.13. The molecule has 0 saturated carbocycles. The SMILES string of the molecule is Cc1ccc(-c2nnc(S[C@H](C)C(=O)NC(N)=O)n2-c2ccc(C)cc2)cc1. The molecule has 8 heteroatoms. The first-order valence-corrected chi connectivity index (χ1v) is 9.59. The van der Waals surface area contributed by atoms with E-state index in [0.717, 1.165) is 22.4 Å². The summed E-state index contributed by atoms with van der Waals surface area (Å²) < 4.78 is 1.91. The predicted octanol–water partition coefficient (Wildman–Crippen LogP) is 3.23. The number of nitrogens with one attached hydrogen (secondary N) is 1. The van der Waals surface area contributed by atoms with Crippen LogP contribution in [0.25, 0.3) is 17.1 Å². The number of aromatic nitrogens is 3.